The molecule has 0 radical (unpaired) electrons. The zero-order valence-corrected chi connectivity index (χ0v) is 10.8. The van der Waals surface area contributed by atoms with Crippen molar-refractivity contribution >= 4 is 24.2 Å². The molecule has 0 aromatic heterocycles. The lowest BCUT2D eigenvalue weighted by molar-refractivity contribution is 0.101. The van der Waals surface area contributed by atoms with Gasteiger partial charge in [0.2, 0.25) is 0 Å². The van der Waals surface area contributed by atoms with E-state index >= 15 is 0 Å². The minimum atomic E-state index is -1.05. The standard InChI is InChI=1S/C14H10BF2NO3/c16-11-2-1-3-12(17)13(11)14(19)18-9-5-4-8-7-21-15(20)10(8)6-9/h1-6,20H,7H2,(H,18,19). The van der Waals surface area contributed by atoms with Gasteiger partial charge in [-0.05, 0) is 35.3 Å². The molecule has 2 aromatic rings. The second-order valence-corrected chi connectivity index (χ2v) is 4.63. The van der Waals surface area contributed by atoms with Gasteiger partial charge < -0.3 is 15.0 Å². The second kappa shape index (κ2) is 5.27. The molecule has 1 heterocycles. The summed E-state index contributed by atoms with van der Waals surface area (Å²) in [6.07, 6.45) is 0. The van der Waals surface area contributed by atoms with E-state index in [9.17, 15) is 18.6 Å². The molecule has 0 atom stereocenters. The van der Waals surface area contributed by atoms with Crippen molar-refractivity contribution in [2.24, 2.45) is 0 Å². The fourth-order valence-electron chi connectivity index (χ4n) is 2.20. The largest absolute Gasteiger partial charge is 0.491 e. The van der Waals surface area contributed by atoms with Gasteiger partial charge in [-0.15, -0.1) is 0 Å². The van der Waals surface area contributed by atoms with Crippen LogP contribution in [0.2, 0.25) is 0 Å². The summed E-state index contributed by atoms with van der Waals surface area (Å²) in [7, 11) is -1.05. The Bertz CT molecular complexity index is 703. The van der Waals surface area contributed by atoms with Crippen LogP contribution in [0.3, 0.4) is 0 Å². The first-order valence-corrected chi connectivity index (χ1v) is 6.24. The maximum atomic E-state index is 13.5. The molecule has 0 unspecified atom stereocenters. The average Bonchev–Trinajstić information content (AvgIpc) is 2.80. The zero-order valence-electron chi connectivity index (χ0n) is 10.8. The Morgan fingerprint density at radius 1 is 1.24 bits per heavy atom. The molecule has 106 valence electrons. The third-order valence-electron chi connectivity index (χ3n) is 3.26. The highest BCUT2D eigenvalue weighted by Gasteiger charge is 2.27. The Hall–Kier alpha value is -2.25. The summed E-state index contributed by atoms with van der Waals surface area (Å²) in [5.74, 6) is -2.76. The monoisotopic (exact) mass is 289 g/mol. The molecule has 0 saturated heterocycles. The number of nitrogens with one attached hydrogen (secondary N) is 1. The second-order valence-electron chi connectivity index (χ2n) is 4.63. The van der Waals surface area contributed by atoms with Crippen LogP contribution < -0.4 is 10.8 Å². The first-order chi connectivity index (χ1) is 10.1. The number of rotatable bonds is 2. The molecule has 0 saturated carbocycles. The van der Waals surface area contributed by atoms with Crippen LogP contribution in [0.15, 0.2) is 36.4 Å². The van der Waals surface area contributed by atoms with Crippen molar-refractivity contribution in [1.82, 2.24) is 0 Å². The number of carbonyl (C=O) groups is 1. The molecule has 0 fully saturated rings. The highest BCUT2D eigenvalue weighted by molar-refractivity contribution is 6.61. The van der Waals surface area contributed by atoms with Gasteiger partial charge >= 0.3 is 7.12 Å². The topological polar surface area (TPSA) is 58.6 Å². The van der Waals surface area contributed by atoms with Crippen molar-refractivity contribution in [3.63, 3.8) is 0 Å². The summed E-state index contributed by atoms with van der Waals surface area (Å²) in [5.41, 5.74) is 1.01. The van der Waals surface area contributed by atoms with E-state index in [1.54, 1.807) is 12.1 Å². The van der Waals surface area contributed by atoms with Gasteiger partial charge in [0, 0.05) is 5.69 Å². The maximum Gasteiger partial charge on any atom is 0.491 e. The third kappa shape index (κ3) is 2.53. The van der Waals surface area contributed by atoms with Crippen LogP contribution in [0.25, 0.3) is 0 Å². The van der Waals surface area contributed by atoms with E-state index in [1.165, 1.54) is 12.1 Å². The molecule has 1 aliphatic heterocycles. The number of amides is 1. The van der Waals surface area contributed by atoms with Crippen LogP contribution >= 0.6 is 0 Å². The summed E-state index contributed by atoms with van der Waals surface area (Å²) in [6, 6.07) is 7.99. The Kier molecular flexibility index (Phi) is 3.44. The van der Waals surface area contributed by atoms with Gasteiger partial charge in [-0.2, -0.15) is 0 Å². The summed E-state index contributed by atoms with van der Waals surface area (Å²) < 4.78 is 32.1. The number of anilines is 1. The van der Waals surface area contributed by atoms with Gasteiger partial charge in [0.15, 0.2) is 0 Å². The van der Waals surface area contributed by atoms with Crippen LogP contribution in [0.1, 0.15) is 15.9 Å². The lowest BCUT2D eigenvalue weighted by Gasteiger charge is -2.08. The molecule has 2 aromatic carbocycles. The number of carbonyl (C=O) groups excluding carboxylic acids is 1. The minimum absolute atomic E-state index is 0.284. The van der Waals surface area contributed by atoms with Crippen molar-refractivity contribution < 1.29 is 23.3 Å². The molecular weight excluding hydrogens is 279 g/mol. The van der Waals surface area contributed by atoms with Crippen LogP contribution in [-0.2, 0) is 11.3 Å². The zero-order chi connectivity index (χ0) is 15.0. The Morgan fingerprint density at radius 3 is 2.67 bits per heavy atom. The molecular formula is C14H10BF2NO3. The lowest BCUT2D eigenvalue weighted by Crippen LogP contribution is -2.28. The van der Waals surface area contributed by atoms with Crippen LogP contribution in [0.4, 0.5) is 14.5 Å². The molecule has 21 heavy (non-hydrogen) atoms. The van der Waals surface area contributed by atoms with Gasteiger partial charge in [-0.3, -0.25) is 4.79 Å². The number of hydrogen-bond acceptors (Lipinski definition) is 3. The van der Waals surface area contributed by atoms with Gasteiger partial charge in [-0.1, -0.05) is 12.1 Å². The van der Waals surface area contributed by atoms with Crippen LogP contribution in [0, 0.1) is 11.6 Å². The highest BCUT2D eigenvalue weighted by atomic mass is 19.1. The Balaban J connectivity index is 1.87. The normalized spacial score (nSPS) is 13.2. The van der Waals surface area contributed by atoms with Crippen molar-refractivity contribution in [2.45, 2.75) is 6.61 Å². The van der Waals surface area contributed by atoms with Crippen molar-refractivity contribution in [1.29, 1.82) is 0 Å². The molecule has 4 nitrogen and oxygen atoms in total. The third-order valence-corrected chi connectivity index (χ3v) is 3.26. The van der Waals surface area contributed by atoms with E-state index in [4.69, 9.17) is 4.65 Å². The first kappa shape index (κ1) is 13.7. The maximum absolute atomic E-state index is 13.5. The van der Waals surface area contributed by atoms with Crippen molar-refractivity contribution in [3.8, 4) is 0 Å². The molecule has 0 bridgehead atoms. The Labute approximate surface area is 119 Å². The number of halogens is 2. The van der Waals surface area contributed by atoms with Crippen molar-refractivity contribution in [3.05, 3.63) is 59.2 Å². The predicted octanol–water partition coefficient (Wildman–Crippen LogP) is 1.43. The molecule has 1 amide bonds. The van der Waals surface area contributed by atoms with Gasteiger partial charge in [-0.25, -0.2) is 8.78 Å². The summed E-state index contributed by atoms with van der Waals surface area (Å²) in [5, 5.41) is 12.0. The quantitative estimate of drug-likeness (QED) is 0.822. The van der Waals surface area contributed by atoms with E-state index in [0.29, 0.717) is 11.2 Å². The lowest BCUT2D eigenvalue weighted by atomic mass is 9.79. The summed E-state index contributed by atoms with van der Waals surface area (Å²) >= 11 is 0. The summed E-state index contributed by atoms with van der Waals surface area (Å²) in [6.45, 7) is 0.284. The van der Waals surface area contributed by atoms with Gasteiger partial charge in [0.25, 0.3) is 5.91 Å². The van der Waals surface area contributed by atoms with E-state index in [1.807, 2.05) is 0 Å². The van der Waals surface area contributed by atoms with E-state index in [-0.39, 0.29) is 6.61 Å². The predicted molar refractivity (Wildman–Crippen MR) is 73.1 cm³/mol. The van der Waals surface area contributed by atoms with E-state index in [2.05, 4.69) is 5.32 Å². The minimum Gasteiger partial charge on any atom is -0.423 e. The smallest absolute Gasteiger partial charge is 0.423 e. The fourth-order valence-corrected chi connectivity index (χ4v) is 2.20. The van der Waals surface area contributed by atoms with Crippen molar-refractivity contribution in [2.75, 3.05) is 5.32 Å². The molecule has 7 heteroatoms. The molecule has 2 N–H and O–H groups in total. The SMILES string of the molecule is O=C(Nc1ccc2c(c1)B(O)OC2)c1c(F)cccc1F. The molecule has 3 rings (SSSR count). The first-order valence-electron chi connectivity index (χ1n) is 6.24. The molecule has 0 aliphatic carbocycles. The highest BCUT2D eigenvalue weighted by Crippen LogP contribution is 2.17. The number of benzene rings is 2. The van der Waals surface area contributed by atoms with E-state index in [0.717, 1.165) is 17.7 Å². The van der Waals surface area contributed by atoms with Crippen LogP contribution in [0.5, 0.6) is 0 Å². The van der Waals surface area contributed by atoms with Crippen LogP contribution in [-0.4, -0.2) is 18.0 Å². The van der Waals surface area contributed by atoms with Gasteiger partial charge in [0.1, 0.15) is 17.2 Å². The van der Waals surface area contributed by atoms with E-state index < -0.39 is 30.2 Å². The van der Waals surface area contributed by atoms with Gasteiger partial charge in [0.05, 0.1) is 6.61 Å². The number of fused-ring (bicyclic) bond motifs is 1. The fraction of sp³-hybridized carbons (Fsp3) is 0.0714. The molecule has 1 aliphatic rings. The average molecular weight is 289 g/mol. The molecule has 0 spiro atoms. The Morgan fingerprint density at radius 2 is 1.95 bits per heavy atom. The number of hydrogen-bond donors (Lipinski definition) is 2. The summed E-state index contributed by atoms with van der Waals surface area (Å²) in [4.78, 5) is 12.0.